The molecule has 1 saturated carbocycles. The molecule has 1 N–H and O–H groups in total. The van der Waals surface area contributed by atoms with Gasteiger partial charge in [0, 0.05) is 34.6 Å². The summed E-state index contributed by atoms with van der Waals surface area (Å²) in [6.07, 6.45) is 3.57. The van der Waals surface area contributed by atoms with Crippen LogP contribution in [0.2, 0.25) is 5.02 Å². The van der Waals surface area contributed by atoms with Gasteiger partial charge in [0.05, 0.1) is 25.9 Å². The van der Waals surface area contributed by atoms with Crippen molar-refractivity contribution in [2.75, 3.05) is 26.4 Å². The Bertz CT molecular complexity index is 1280. The van der Waals surface area contributed by atoms with Crippen molar-refractivity contribution in [1.82, 2.24) is 9.88 Å². The number of benzene rings is 2. The molecule has 2 aromatic carbocycles. The second kappa shape index (κ2) is 9.86. The van der Waals surface area contributed by atoms with Crippen molar-refractivity contribution < 1.29 is 23.7 Å². The third-order valence-corrected chi connectivity index (χ3v) is 7.67. The monoisotopic (exact) mass is 524 g/mol. The summed E-state index contributed by atoms with van der Waals surface area (Å²) in [7, 11) is 0. The highest BCUT2D eigenvalue weighted by Crippen LogP contribution is 2.40. The lowest BCUT2D eigenvalue weighted by Crippen LogP contribution is -2.41. The summed E-state index contributed by atoms with van der Waals surface area (Å²) in [5.74, 6) is 0.774. The van der Waals surface area contributed by atoms with Gasteiger partial charge >= 0.3 is 6.09 Å². The Balaban J connectivity index is 1.22. The summed E-state index contributed by atoms with van der Waals surface area (Å²) in [5.41, 5.74) is 4.25. The SMILES string of the molecule is CC1(C)OCC(CCOc2ccc(C3c4[nH]c5ccc(Cl)cc5c4CCN3C(=O)OCC3CC3)cc2)O1. The zero-order chi connectivity index (χ0) is 25.6. The zero-order valence-electron chi connectivity index (χ0n) is 21.3. The van der Waals surface area contributed by atoms with Crippen LogP contribution in [-0.2, 0) is 20.6 Å². The summed E-state index contributed by atoms with van der Waals surface area (Å²) in [4.78, 5) is 18.6. The van der Waals surface area contributed by atoms with Crippen molar-refractivity contribution in [3.63, 3.8) is 0 Å². The molecule has 2 aliphatic heterocycles. The molecule has 2 fully saturated rings. The second-order valence-electron chi connectivity index (χ2n) is 10.7. The van der Waals surface area contributed by atoms with E-state index in [0.717, 1.165) is 53.6 Å². The third kappa shape index (κ3) is 5.31. The van der Waals surface area contributed by atoms with E-state index in [1.165, 1.54) is 5.56 Å². The van der Waals surface area contributed by atoms with Gasteiger partial charge in [-0.25, -0.2) is 4.79 Å². The standard InChI is InChI=1S/C29H33ClN2O5/c1-29(2)36-17-22(37-29)12-14-34-21-8-5-19(6-9-21)27-26-23(24-15-20(30)7-10-25(24)31-26)11-13-32(27)28(33)35-16-18-3-4-18/h5-10,15,18,22,27,31H,3-4,11-14,16-17H2,1-2H3. The maximum Gasteiger partial charge on any atom is 0.410 e. The molecule has 3 heterocycles. The third-order valence-electron chi connectivity index (χ3n) is 7.43. The highest BCUT2D eigenvalue weighted by atomic mass is 35.5. The van der Waals surface area contributed by atoms with Gasteiger partial charge in [0.1, 0.15) is 11.8 Å². The van der Waals surface area contributed by atoms with E-state index in [-0.39, 0.29) is 18.2 Å². The molecule has 2 atom stereocenters. The van der Waals surface area contributed by atoms with E-state index in [2.05, 4.69) is 4.98 Å². The number of nitrogens with zero attached hydrogens (tertiary/aromatic N) is 1. The molecule has 0 spiro atoms. The number of hydrogen-bond acceptors (Lipinski definition) is 5. The number of carbonyl (C=O) groups is 1. The minimum Gasteiger partial charge on any atom is -0.493 e. The number of halogens is 1. The molecular weight excluding hydrogens is 492 g/mol. The van der Waals surface area contributed by atoms with Crippen LogP contribution >= 0.6 is 11.6 Å². The number of hydrogen-bond donors (Lipinski definition) is 1. The molecule has 1 aliphatic carbocycles. The minimum absolute atomic E-state index is 0.0423. The fourth-order valence-electron chi connectivity index (χ4n) is 5.32. The Morgan fingerprint density at radius 3 is 2.73 bits per heavy atom. The number of rotatable bonds is 7. The minimum atomic E-state index is -0.523. The molecule has 196 valence electrons. The van der Waals surface area contributed by atoms with Crippen LogP contribution in [0.15, 0.2) is 42.5 Å². The van der Waals surface area contributed by atoms with Gasteiger partial charge < -0.3 is 23.9 Å². The van der Waals surface area contributed by atoms with E-state index >= 15 is 0 Å². The summed E-state index contributed by atoms with van der Waals surface area (Å²) < 4.78 is 23.2. The number of fused-ring (bicyclic) bond motifs is 3. The second-order valence-corrected chi connectivity index (χ2v) is 11.2. The van der Waals surface area contributed by atoms with E-state index < -0.39 is 5.79 Å². The van der Waals surface area contributed by atoms with E-state index in [4.69, 9.17) is 30.5 Å². The van der Waals surface area contributed by atoms with Crippen molar-refractivity contribution in [2.45, 2.75) is 57.5 Å². The van der Waals surface area contributed by atoms with Crippen molar-refractivity contribution >= 4 is 28.6 Å². The van der Waals surface area contributed by atoms with Gasteiger partial charge in [-0.15, -0.1) is 0 Å². The van der Waals surface area contributed by atoms with Gasteiger partial charge in [-0.1, -0.05) is 23.7 Å². The smallest absolute Gasteiger partial charge is 0.410 e. The van der Waals surface area contributed by atoms with Crippen LogP contribution in [0.25, 0.3) is 10.9 Å². The predicted octanol–water partition coefficient (Wildman–Crippen LogP) is 6.24. The van der Waals surface area contributed by atoms with Gasteiger partial charge in [-0.05, 0) is 80.5 Å². The molecule has 6 rings (SSSR count). The number of H-pyrrole nitrogens is 1. The molecule has 0 radical (unpaired) electrons. The molecule has 1 saturated heterocycles. The molecular formula is C29H33ClN2O5. The van der Waals surface area contributed by atoms with Gasteiger partial charge in [-0.3, -0.25) is 4.90 Å². The summed E-state index contributed by atoms with van der Waals surface area (Å²) in [6.45, 7) is 6.06. The molecule has 0 bridgehead atoms. The van der Waals surface area contributed by atoms with Gasteiger partial charge in [0.2, 0.25) is 0 Å². The average molecular weight is 525 g/mol. The lowest BCUT2D eigenvalue weighted by Gasteiger charge is -2.35. The molecule has 7 nitrogen and oxygen atoms in total. The van der Waals surface area contributed by atoms with Crippen LogP contribution in [0, 0.1) is 5.92 Å². The van der Waals surface area contributed by atoms with E-state index in [1.807, 2.05) is 61.2 Å². The van der Waals surface area contributed by atoms with Crippen molar-refractivity contribution in [3.8, 4) is 5.75 Å². The number of aromatic amines is 1. The fraction of sp³-hybridized carbons (Fsp3) is 0.483. The lowest BCUT2D eigenvalue weighted by molar-refractivity contribution is -0.139. The Labute approximate surface area is 222 Å². The van der Waals surface area contributed by atoms with Crippen molar-refractivity contribution in [2.24, 2.45) is 5.92 Å². The molecule has 37 heavy (non-hydrogen) atoms. The molecule has 1 aromatic heterocycles. The van der Waals surface area contributed by atoms with E-state index in [9.17, 15) is 4.79 Å². The van der Waals surface area contributed by atoms with Crippen LogP contribution in [0.1, 0.15) is 56.0 Å². The van der Waals surface area contributed by atoms with Crippen molar-refractivity contribution in [3.05, 3.63) is 64.3 Å². The highest BCUT2D eigenvalue weighted by Gasteiger charge is 2.36. The topological polar surface area (TPSA) is 73.0 Å². The van der Waals surface area contributed by atoms with Crippen LogP contribution < -0.4 is 4.74 Å². The summed E-state index contributed by atoms with van der Waals surface area (Å²) >= 11 is 6.31. The quantitative estimate of drug-likeness (QED) is 0.396. The van der Waals surface area contributed by atoms with Crippen LogP contribution in [0.3, 0.4) is 0 Å². The lowest BCUT2D eigenvalue weighted by atomic mass is 9.92. The van der Waals surface area contributed by atoms with Crippen LogP contribution in [0.4, 0.5) is 4.79 Å². The Hall–Kier alpha value is -2.74. The normalized spacial score (nSPS) is 22.7. The van der Waals surface area contributed by atoms with Crippen LogP contribution in [0.5, 0.6) is 5.75 Å². The first-order valence-corrected chi connectivity index (χ1v) is 13.5. The molecule has 3 aromatic rings. The van der Waals surface area contributed by atoms with Crippen molar-refractivity contribution in [1.29, 1.82) is 0 Å². The Morgan fingerprint density at radius 2 is 2.00 bits per heavy atom. The van der Waals surface area contributed by atoms with E-state index in [0.29, 0.717) is 37.3 Å². The Kier molecular flexibility index (Phi) is 6.55. The molecule has 8 heteroatoms. The molecule has 3 aliphatic rings. The first-order chi connectivity index (χ1) is 17.9. The van der Waals surface area contributed by atoms with Gasteiger partial charge in [-0.2, -0.15) is 0 Å². The average Bonchev–Trinajstić information content (AvgIpc) is 3.55. The maximum absolute atomic E-state index is 13.2. The number of nitrogens with one attached hydrogen (secondary N) is 1. The summed E-state index contributed by atoms with van der Waals surface area (Å²) in [6, 6.07) is 13.6. The first-order valence-electron chi connectivity index (χ1n) is 13.1. The zero-order valence-corrected chi connectivity index (χ0v) is 22.1. The Morgan fingerprint density at radius 1 is 1.19 bits per heavy atom. The number of amides is 1. The first kappa shape index (κ1) is 24.6. The van der Waals surface area contributed by atoms with Crippen LogP contribution in [-0.4, -0.2) is 54.2 Å². The highest BCUT2D eigenvalue weighted by molar-refractivity contribution is 6.31. The van der Waals surface area contributed by atoms with E-state index in [1.54, 1.807) is 0 Å². The predicted molar refractivity (Wildman–Crippen MR) is 141 cm³/mol. The largest absolute Gasteiger partial charge is 0.493 e. The number of ether oxygens (including phenoxy) is 4. The van der Waals surface area contributed by atoms with Gasteiger partial charge in [0.15, 0.2) is 5.79 Å². The number of carbonyl (C=O) groups excluding carboxylic acids is 1. The maximum atomic E-state index is 13.2. The number of aromatic nitrogens is 1. The van der Waals surface area contributed by atoms with Gasteiger partial charge in [0.25, 0.3) is 0 Å². The molecule has 1 amide bonds. The fourth-order valence-corrected chi connectivity index (χ4v) is 5.49. The molecule has 2 unspecified atom stereocenters. The summed E-state index contributed by atoms with van der Waals surface area (Å²) in [5, 5.41) is 1.82.